The summed E-state index contributed by atoms with van der Waals surface area (Å²) < 4.78 is 4.72. The van der Waals surface area contributed by atoms with Gasteiger partial charge in [0.05, 0.1) is 13.2 Å². The van der Waals surface area contributed by atoms with Gasteiger partial charge in [0.25, 0.3) is 0 Å². The molecule has 0 saturated carbocycles. The fourth-order valence-corrected chi connectivity index (χ4v) is 0.574. The minimum absolute atomic E-state index is 0.230. The van der Waals surface area contributed by atoms with Gasteiger partial charge in [-0.25, -0.2) is 4.79 Å². The second-order valence-corrected chi connectivity index (χ2v) is 3.29. The van der Waals surface area contributed by atoms with E-state index in [1.165, 1.54) is 0 Å². The SMILES string of the molecule is CC(C)COC(=O)NCC(O)C(N)=O. The fraction of sp³-hybridized carbons (Fsp3) is 0.750. The maximum atomic E-state index is 10.9. The Morgan fingerprint density at radius 2 is 2.07 bits per heavy atom. The Morgan fingerprint density at radius 1 is 1.50 bits per heavy atom. The molecule has 14 heavy (non-hydrogen) atoms. The zero-order valence-electron chi connectivity index (χ0n) is 8.32. The van der Waals surface area contributed by atoms with Crippen molar-refractivity contribution in [1.82, 2.24) is 5.32 Å². The molecule has 0 radical (unpaired) electrons. The van der Waals surface area contributed by atoms with Crippen LogP contribution >= 0.6 is 0 Å². The standard InChI is InChI=1S/C8H16N2O4/c1-5(2)4-14-8(13)10-3-6(11)7(9)12/h5-6,11H,3-4H2,1-2H3,(H2,9,12)(H,10,13). The summed E-state index contributed by atoms with van der Waals surface area (Å²) in [6.45, 7) is 3.85. The van der Waals surface area contributed by atoms with Crippen LogP contribution in [-0.2, 0) is 9.53 Å². The number of alkyl carbamates (subject to hydrolysis) is 1. The second kappa shape index (κ2) is 6.20. The van der Waals surface area contributed by atoms with Gasteiger partial charge in [-0.05, 0) is 5.92 Å². The summed E-state index contributed by atoms with van der Waals surface area (Å²) in [5.74, 6) is -0.643. The van der Waals surface area contributed by atoms with Crippen molar-refractivity contribution in [3.05, 3.63) is 0 Å². The van der Waals surface area contributed by atoms with Gasteiger partial charge in [-0.2, -0.15) is 0 Å². The largest absolute Gasteiger partial charge is 0.449 e. The van der Waals surface area contributed by atoms with Crippen LogP contribution in [0.25, 0.3) is 0 Å². The number of nitrogens with two attached hydrogens (primary N) is 1. The number of aliphatic hydroxyl groups excluding tert-OH is 1. The highest BCUT2D eigenvalue weighted by molar-refractivity contribution is 5.79. The lowest BCUT2D eigenvalue weighted by molar-refractivity contribution is -0.125. The van der Waals surface area contributed by atoms with E-state index in [2.05, 4.69) is 5.32 Å². The lowest BCUT2D eigenvalue weighted by atomic mass is 10.2. The van der Waals surface area contributed by atoms with E-state index in [0.29, 0.717) is 6.61 Å². The van der Waals surface area contributed by atoms with Crippen molar-refractivity contribution < 1.29 is 19.4 Å². The van der Waals surface area contributed by atoms with Gasteiger partial charge in [-0.15, -0.1) is 0 Å². The molecule has 0 saturated heterocycles. The van der Waals surface area contributed by atoms with E-state index in [-0.39, 0.29) is 12.5 Å². The average molecular weight is 204 g/mol. The van der Waals surface area contributed by atoms with Gasteiger partial charge in [0.1, 0.15) is 6.10 Å². The molecule has 0 aromatic carbocycles. The Bertz CT molecular complexity index is 206. The van der Waals surface area contributed by atoms with Gasteiger partial charge in [-0.3, -0.25) is 4.79 Å². The van der Waals surface area contributed by atoms with Crippen molar-refractivity contribution in [3.8, 4) is 0 Å². The fourth-order valence-electron chi connectivity index (χ4n) is 0.574. The van der Waals surface area contributed by atoms with E-state index in [1.807, 2.05) is 13.8 Å². The number of hydrogen-bond donors (Lipinski definition) is 3. The van der Waals surface area contributed by atoms with Gasteiger partial charge < -0.3 is 20.9 Å². The highest BCUT2D eigenvalue weighted by atomic mass is 16.5. The van der Waals surface area contributed by atoms with Gasteiger partial charge >= 0.3 is 6.09 Å². The van der Waals surface area contributed by atoms with E-state index < -0.39 is 18.1 Å². The Morgan fingerprint density at radius 3 is 2.50 bits per heavy atom. The van der Waals surface area contributed by atoms with Crippen molar-refractivity contribution in [3.63, 3.8) is 0 Å². The van der Waals surface area contributed by atoms with E-state index >= 15 is 0 Å². The first-order valence-corrected chi connectivity index (χ1v) is 4.31. The van der Waals surface area contributed by atoms with Crippen LogP contribution in [-0.4, -0.2) is 36.4 Å². The van der Waals surface area contributed by atoms with Crippen LogP contribution in [0.4, 0.5) is 4.79 Å². The minimum atomic E-state index is -1.37. The zero-order valence-corrected chi connectivity index (χ0v) is 8.32. The predicted octanol–water partition coefficient (Wildman–Crippen LogP) is -0.785. The Balaban J connectivity index is 3.59. The highest BCUT2D eigenvalue weighted by Crippen LogP contribution is 1.92. The second-order valence-electron chi connectivity index (χ2n) is 3.29. The normalized spacial score (nSPS) is 12.3. The van der Waals surface area contributed by atoms with Crippen LogP contribution in [0.3, 0.4) is 0 Å². The van der Waals surface area contributed by atoms with Crippen LogP contribution in [0.15, 0.2) is 0 Å². The molecule has 4 N–H and O–H groups in total. The molecule has 6 heteroatoms. The zero-order chi connectivity index (χ0) is 11.1. The summed E-state index contributed by atoms with van der Waals surface area (Å²) in [5, 5.41) is 11.1. The average Bonchev–Trinajstić information content (AvgIpc) is 2.10. The molecular weight excluding hydrogens is 188 g/mol. The third-order valence-corrected chi connectivity index (χ3v) is 1.32. The molecule has 0 aromatic rings. The van der Waals surface area contributed by atoms with E-state index in [4.69, 9.17) is 15.6 Å². The van der Waals surface area contributed by atoms with Gasteiger partial charge in [0.2, 0.25) is 5.91 Å². The topological polar surface area (TPSA) is 102 Å². The van der Waals surface area contributed by atoms with Crippen molar-refractivity contribution in [2.24, 2.45) is 11.7 Å². The van der Waals surface area contributed by atoms with Crippen molar-refractivity contribution >= 4 is 12.0 Å². The molecule has 6 nitrogen and oxygen atoms in total. The first kappa shape index (κ1) is 12.7. The molecule has 0 rings (SSSR count). The molecule has 1 unspecified atom stereocenters. The Hall–Kier alpha value is -1.30. The van der Waals surface area contributed by atoms with E-state index in [0.717, 1.165) is 0 Å². The third-order valence-electron chi connectivity index (χ3n) is 1.32. The number of aliphatic hydroxyl groups is 1. The lowest BCUT2D eigenvalue weighted by Crippen LogP contribution is -2.40. The summed E-state index contributed by atoms with van der Waals surface area (Å²) >= 11 is 0. The van der Waals surface area contributed by atoms with Crippen LogP contribution < -0.4 is 11.1 Å². The Labute approximate surface area is 82.4 Å². The van der Waals surface area contributed by atoms with Crippen molar-refractivity contribution in [2.75, 3.05) is 13.2 Å². The summed E-state index contributed by atoms with van der Waals surface area (Å²) in [5.41, 5.74) is 4.76. The number of nitrogens with one attached hydrogen (secondary N) is 1. The summed E-state index contributed by atoms with van der Waals surface area (Å²) in [6.07, 6.45) is -2.04. The number of rotatable bonds is 5. The maximum absolute atomic E-state index is 10.9. The molecule has 0 bridgehead atoms. The smallest absolute Gasteiger partial charge is 0.407 e. The monoisotopic (exact) mass is 204 g/mol. The maximum Gasteiger partial charge on any atom is 0.407 e. The van der Waals surface area contributed by atoms with Crippen molar-refractivity contribution in [2.45, 2.75) is 20.0 Å². The molecule has 0 heterocycles. The predicted molar refractivity (Wildman–Crippen MR) is 49.4 cm³/mol. The number of hydrogen-bond acceptors (Lipinski definition) is 4. The molecule has 82 valence electrons. The van der Waals surface area contributed by atoms with Crippen LogP contribution in [0.2, 0.25) is 0 Å². The quantitative estimate of drug-likeness (QED) is 0.546. The number of carbonyl (C=O) groups excluding carboxylic acids is 2. The molecule has 0 aliphatic carbocycles. The highest BCUT2D eigenvalue weighted by Gasteiger charge is 2.12. The first-order chi connectivity index (χ1) is 6.43. The molecular formula is C8H16N2O4. The number of carbonyl (C=O) groups is 2. The Kier molecular flexibility index (Phi) is 5.62. The van der Waals surface area contributed by atoms with Gasteiger partial charge in [0.15, 0.2) is 0 Å². The van der Waals surface area contributed by atoms with Crippen molar-refractivity contribution in [1.29, 1.82) is 0 Å². The molecule has 0 fully saturated rings. The van der Waals surface area contributed by atoms with Gasteiger partial charge in [0, 0.05) is 0 Å². The first-order valence-electron chi connectivity index (χ1n) is 4.31. The summed E-state index contributed by atoms with van der Waals surface area (Å²) in [6, 6.07) is 0. The van der Waals surface area contributed by atoms with Crippen LogP contribution in [0.5, 0.6) is 0 Å². The number of primary amides is 1. The van der Waals surface area contributed by atoms with E-state index in [9.17, 15) is 9.59 Å². The van der Waals surface area contributed by atoms with E-state index in [1.54, 1.807) is 0 Å². The van der Waals surface area contributed by atoms with Crippen LogP contribution in [0, 0.1) is 5.92 Å². The molecule has 0 aliphatic rings. The molecule has 0 aromatic heterocycles. The molecule has 0 aliphatic heterocycles. The molecule has 2 amide bonds. The number of amides is 2. The minimum Gasteiger partial charge on any atom is -0.449 e. The summed E-state index contributed by atoms with van der Waals surface area (Å²) in [4.78, 5) is 21.2. The lowest BCUT2D eigenvalue weighted by Gasteiger charge is -2.10. The van der Waals surface area contributed by atoms with Crippen LogP contribution in [0.1, 0.15) is 13.8 Å². The third kappa shape index (κ3) is 6.24. The number of ether oxygens (including phenoxy) is 1. The molecule has 0 spiro atoms. The molecule has 1 atom stereocenters. The summed E-state index contributed by atoms with van der Waals surface area (Å²) in [7, 11) is 0. The van der Waals surface area contributed by atoms with Gasteiger partial charge in [-0.1, -0.05) is 13.8 Å².